The van der Waals surface area contributed by atoms with Crippen LogP contribution in [0.5, 0.6) is 0 Å². The summed E-state index contributed by atoms with van der Waals surface area (Å²) in [6.45, 7) is 4.13. The number of nitrogens with zero attached hydrogens (tertiary/aromatic N) is 1. The van der Waals surface area contributed by atoms with Crippen molar-refractivity contribution in [2.45, 2.75) is 38.6 Å². The van der Waals surface area contributed by atoms with Crippen molar-refractivity contribution in [1.82, 2.24) is 4.90 Å². The summed E-state index contributed by atoms with van der Waals surface area (Å²) in [6.07, 6.45) is 3.14. The molecule has 0 aliphatic heterocycles. The third-order valence-corrected chi connectivity index (χ3v) is 3.15. The van der Waals surface area contributed by atoms with E-state index in [0.29, 0.717) is 11.7 Å². The van der Waals surface area contributed by atoms with Crippen LogP contribution in [-0.4, -0.2) is 30.3 Å². The molecule has 70 valence electrons. The van der Waals surface area contributed by atoms with Gasteiger partial charge in [0.25, 0.3) is 0 Å². The van der Waals surface area contributed by atoms with E-state index in [1.807, 2.05) is 25.9 Å². The maximum atomic E-state index is 11.9. The molecule has 1 atom stereocenters. The normalized spacial score (nSPS) is 22.4. The van der Waals surface area contributed by atoms with E-state index in [2.05, 4.69) is 6.92 Å². The first-order valence-corrected chi connectivity index (χ1v) is 4.74. The molecule has 2 heteroatoms. The molecule has 1 rings (SSSR count). The van der Waals surface area contributed by atoms with Gasteiger partial charge in [0, 0.05) is 5.92 Å². The minimum absolute atomic E-state index is 0.221. The molecule has 0 N–H and O–H groups in total. The third kappa shape index (κ3) is 1.53. The topological polar surface area (TPSA) is 20.3 Å². The maximum absolute atomic E-state index is 11.9. The first kappa shape index (κ1) is 9.72. The summed E-state index contributed by atoms with van der Waals surface area (Å²) in [5, 5.41) is 0. The minimum atomic E-state index is -0.221. The molecule has 0 bridgehead atoms. The highest BCUT2D eigenvalue weighted by Crippen LogP contribution is 2.36. The zero-order chi connectivity index (χ0) is 9.35. The molecule has 1 aliphatic carbocycles. The van der Waals surface area contributed by atoms with E-state index in [9.17, 15) is 4.79 Å². The third-order valence-electron chi connectivity index (χ3n) is 3.15. The molecule has 2 nitrogen and oxygen atoms in total. The molecule has 1 aliphatic rings. The lowest BCUT2D eigenvalue weighted by Gasteiger charge is -2.34. The summed E-state index contributed by atoms with van der Waals surface area (Å²) in [5.74, 6) is 0.812. The summed E-state index contributed by atoms with van der Waals surface area (Å²) < 4.78 is 0. The fourth-order valence-electron chi connectivity index (χ4n) is 1.50. The van der Waals surface area contributed by atoms with Crippen LogP contribution in [0.15, 0.2) is 0 Å². The van der Waals surface area contributed by atoms with E-state index in [1.54, 1.807) is 0 Å². The van der Waals surface area contributed by atoms with Gasteiger partial charge in [0.1, 0.15) is 0 Å². The Hall–Kier alpha value is -0.370. The highest BCUT2D eigenvalue weighted by atomic mass is 16.1. The van der Waals surface area contributed by atoms with Crippen LogP contribution in [0.2, 0.25) is 0 Å². The van der Waals surface area contributed by atoms with Gasteiger partial charge in [-0.1, -0.05) is 6.92 Å². The van der Waals surface area contributed by atoms with Gasteiger partial charge in [-0.15, -0.1) is 0 Å². The van der Waals surface area contributed by atoms with Crippen LogP contribution in [0.3, 0.4) is 0 Å². The number of likely N-dealkylation sites (N-methyl/N-ethyl adjacent to an activating group) is 1. The van der Waals surface area contributed by atoms with E-state index in [-0.39, 0.29) is 5.54 Å². The average molecular weight is 169 g/mol. The molecule has 0 heterocycles. The van der Waals surface area contributed by atoms with Crippen LogP contribution in [-0.2, 0) is 4.79 Å². The zero-order valence-corrected chi connectivity index (χ0v) is 8.55. The SMILES string of the molecule is CCC(C)(C(=O)C1CC1)N(C)C. The van der Waals surface area contributed by atoms with Crippen molar-refractivity contribution in [1.29, 1.82) is 0 Å². The van der Waals surface area contributed by atoms with Crippen LogP contribution >= 0.6 is 0 Å². The van der Waals surface area contributed by atoms with E-state index < -0.39 is 0 Å². The maximum Gasteiger partial charge on any atom is 0.155 e. The van der Waals surface area contributed by atoms with E-state index in [1.165, 1.54) is 0 Å². The standard InChI is InChI=1S/C10H19NO/c1-5-10(2,11(3)4)9(12)8-6-7-8/h8H,5-7H2,1-4H3. The van der Waals surface area contributed by atoms with Crippen LogP contribution in [0, 0.1) is 5.92 Å². The molecule has 1 unspecified atom stereocenters. The Morgan fingerprint density at radius 3 is 2.25 bits per heavy atom. The largest absolute Gasteiger partial charge is 0.297 e. The van der Waals surface area contributed by atoms with Crippen molar-refractivity contribution >= 4 is 5.78 Å². The lowest BCUT2D eigenvalue weighted by atomic mass is 9.89. The number of carbonyl (C=O) groups is 1. The van der Waals surface area contributed by atoms with Crippen LogP contribution in [0.4, 0.5) is 0 Å². The highest BCUT2D eigenvalue weighted by molar-refractivity contribution is 5.91. The van der Waals surface area contributed by atoms with Gasteiger partial charge in [-0.3, -0.25) is 9.69 Å². The molecule has 0 spiro atoms. The van der Waals surface area contributed by atoms with Crippen LogP contribution < -0.4 is 0 Å². The number of hydrogen-bond acceptors (Lipinski definition) is 2. The predicted octanol–water partition coefficient (Wildman–Crippen LogP) is 1.70. The van der Waals surface area contributed by atoms with Crippen molar-refractivity contribution in [3.63, 3.8) is 0 Å². The molecule has 0 radical (unpaired) electrons. The first-order valence-electron chi connectivity index (χ1n) is 4.74. The smallest absolute Gasteiger partial charge is 0.155 e. The van der Waals surface area contributed by atoms with Gasteiger partial charge in [-0.25, -0.2) is 0 Å². The summed E-state index contributed by atoms with van der Waals surface area (Å²) in [4.78, 5) is 13.9. The molecule has 0 aromatic carbocycles. The second kappa shape index (κ2) is 3.17. The van der Waals surface area contributed by atoms with Crippen LogP contribution in [0.1, 0.15) is 33.1 Å². The molecule has 0 amide bonds. The molecule has 1 fully saturated rings. The van der Waals surface area contributed by atoms with Gasteiger partial charge in [0.15, 0.2) is 5.78 Å². The van der Waals surface area contributed by atoms with Crippen molar-refractivity contribution in [3.8, 4) is 0 Å². The molecular weight excluding hydrogens is 150 g/mol. The van der Waals surface area contributed by atoms with Gasteiger partial charge < -0.3 is 0 Å². The number of rotatable bonds is 4. The number of Topliss-reactive ketones (excluding diaryl/α,β-unsaturated/α-hetero) is 1. The quantitative estimate of drug-likeness (QED) is 0.638. The Morgan fingerprint density at radius 1 is 1.50 bits per heavy atom. The first-order chi connectivity index (χ1) is 5.52. The summed E-state index contributed by atoms with van der Waals surface area (Å²) in [6, 6.07) is 0. The monoisotopic (exact) mass is 169 g/mol. The lowest BCUT2D eigenvalue weighted by molar-refractivity contribution is -0.130. The molecule has 0 aromatic heterocycles. The average Bonchev–Trinajstić information content (AvgIpc) is 2.83. The molecule has 1 saturated carbocycles. The Labute approximate surface area is 74.9 Å². The second-order valence-corrected chi connectivity index (χ2v) is 4.16. The molecule has 12 heavy (non-hydrogen) atoms. The van der Waals surface area contributed by atoms with Crippen molar-refractivity contribution in [2.75, 3.05) is 14.1 Å². The summed E-state index contributed by atoms with van der Waals surface area (Å²) in [7, 11) is 3.98. The lowest BCUT2D eigenvalue weighted by Crippen LogP contribution is -2.48. The van der Waals surface area contributed by atoms with Gasteiger partial charge in [-0.05, 0) is 40.3 Å². The van der Waals surface area contributed by atoms with E-state index in [4.69, 9.17) is 0 Å². The van der Waals surface area contributed by atoms with Crippen molar-refractivity contribution in [3.05, 3.63) is 0 Å². The van der Waals surface area contributed by atoms with Crippen molar-refractivity contribution < 1.29 is 4.79 Å². The van der Waals surface area contributed by atoms with Crippen LogP contribution in [0.25, 0.3) is 0 Å². The Balaban J connectivity index is 2.70. The predicted molar refractivity (Wildman–Crippen MR) is 50.1 cm³/mol. The highest BCUT2D eigenvalue weighted by Gasteiger charge is 2.42. The Bertz CT molecular complexity index is 184. The Morgan fingerprint density at radius 2 is 2.00 bits per heavy atom. The van der Waals surface area contributed by atoms with Crippen molar-refractivity contribution in [2.24, 2.45) is 5.92 Å². The van der Waals surface area contributed by atoms with E-state index in [0.717, 1.165) is 19.3 Å². The molecule has 0 aromatic rings. The van der Waals surface area contributed by atoms with E-state index >= 15 is 0 Å². The fraction of sp³-hybridized carbons (Fsp3) is 0.900. The molecular formula is C10H19NO. The van der Waals surface area contributed by atoms with Gasteiger partial charge in [-0.2, -0.15) is 0 Å². The van der Waals surface area contributed by atoms with Gasteiger partial charge >= 0.3 is 0 Å². The number of carbonyl (C=O) groups excluding carboxylic acids is 1. The van der Waals surface area contributed by atoms with Gasteiger partial charge in [0.2, 0.25) is 0 Å². The summed E-state index contributed by atoms with van der Waals surface area (Å²) in [5.41, 5.74) is -0.221. The fourth-order valence-corrected chi connectivity index (χ4v) is 1.50. The van der Waals surface area contributed by atoms with Gasteiger partial charge in [0.05, 0.1) is 5.54 Å². The second-order valence-electron chi connectivity index (χ2n) is 4.16. The molecule has 0 saturated heterocycles. The number of hydrogen-bond donors (Lipinski definition) is 0. The number of ketones is 1. The zero-order valence-electron chi connectivity index (χ0n) is 8.55. The minimum Gasteiger partial charge on any atom is -0.297 e. The summed E-state index contributed by atoms with van der Waals surface area (Å²) >= 11 is 0. The Kier molecular flexibility index (Phi) is 2.57.